The molecule has 1 unspecified atom stereocenters. The first-order chi connectivity index (χ1) is 9.04. The van der Waals surface area contributed by atoms with Crippen molar-refractivity contribution in [3.8, 4) is 0 Å². The first-order valence-corrected chi connectivity index (χ1v) is 7.16. The van der Waals surface area contributed by atoms with Crippen molar-refractivity contribution in [3.05, 3.63) is 44.3 Å². The van der Waals surface area contributed by atoms with E-state index >= 15 is 0 Å². The Bertz CT molecular complexity index is 588. The molecule has 0 saturated carbocycles. The molecule has 0 radical (unpaired) electrons. The van der Waals surface area contributed by atoms with Gasteiger partial charge in [0.1, 0.15) is 0 Å². The number of halogens is 2. The second-order valence-corrected chi connectivity index (χ2v) is 6.06. The van der Waals surface area contributed by atoms with Gasteiger partial charge < -0.3 is 5.32 Å². The van der Waals surface area contributed by atoms with E-state index in [1.807, 2.05) is 31.2 Å². The van der Waals surface area contributed by atoms with Crippen LogP contribution in [0.25, 0.3) is 0 Å². The van der Waals surface area contributed by atoms with E-state index in [2.05, 4.69) is 15.5 Å². The van der Waals surface area contributed by atoms with Gasteiger partial charge in [-0.15, -0.1) is 10.2 Å². The molecular formula is C12H11Cl2N3OS. The number of carbonyl (C=O) groups excluding carboxylic acids is 1. The first-order valence-electron chi connectivity index (χ1n) is 5.59. The molecule has 2 aromatic rings. The van der Waals surface area contributed by atoms with Crippen molar-refractivity contribution in [1.29, 1.82) is 0 Å². The number of amides is 1. The van der Waals surface area contributed by atoms with Crippen molar-refractivity contribution in [2.24, 2.45) is 0 Å². The Kier molecular flexibility index (Phi) is 4.74. The highest BCUT2D eigenvalue weighted by atomic mass is 35.5. The number of hydrogen-bond acceptors (Lipinski definition) is 4. The van der Waals surface area contributed by atoms with Crippen LogP contribution in [0.3, 0.4) is 0 Å². The fourth-order valence-corrected chi connectivity index (χ4v) is 2.60. The number of nitrogens with zero attached hydrogens (tertiary/aromatic N) is 2. The smallest absolute Gasteiger partial charge is 0.282 e. The SMILES string of the molecule is CC(Cc1cccc(Cl)c1)NC(=O)c1nnc(Cl)s1. The number of benzene rings is 1. The third-order valence-electron chi connectivity index (χ3n) is 2.40. The Morgan fingerprint density at radius 1 is 1.42 bits per heavy atom. The summed E-state index contributed by atoms with van der Waals surface area (Å²) in [6.07, 6.45) is 0.693. The Morgan fingerprint density at radius 2 is 2.21 bits per heavy atom. The van der Waals surface area contributed by atoms with Gasteiger partial charge in [0, 0.05) is 11.1 Å². The molecule has 0 aliphatic rings. The average molecular weight is 316 g/mol. The summed E-state index contributed by atoms with van der Waals surface area (Å²) in [5.74, 6) is -0.265. The molecule has 1 aromatic carbocycles. The van der Waals surface area contributed by atoms with E-state index < -0.39 is 0 Å². The van der Waals surface area contributed by atoms with Crippen LogP contribution in [0, 0.1) is 0 Å². The highest BCUT2D eigenvalue weighted by Gasteiger charge is 2.14. The van der Waals surface area contributed by atoms with Crippen LogP contribution < -0.4 is 5.32 Å². The van der Waals surface area contributed by atoms with Crippen molar-refractivity contribution >= 4 is 40.4 Å². The standard InChI is InChI=1S/C12H11Cl2N3OS/c1-7(5-8-3-2-4-9(13)6-8)15-10(18)11-16-17-12(14)19-11/h2-4,6-7H,5H2,1H3,(H,15,18). The molecule has 1 heterocycles. The molecular weight excluding hydrogens is 305 g/mol. The highest BCUT2D eigenvalue weighted by molar-refractivity contribution is 7.17. The van der Waals surface area contributed by atoms with Crippen LogP contribution in [0.15, 0.2) is 24.3 Å². The number of carbonyl (C=O) groups is 1. The Hall–Kier alpha value is -1.17. The summed E-state index contributed by atoms with van der Waals surface area (Å²) in [6, 6.07) is 7.52. The van der Waals surface area contributed by atoms with Crippen molar-refractivity contribution in [3.63, 3.8) is 0 Å². The summed E-state index contributed by atoms with van der Waals surface area (Å²) in [7, 11) is 0. The van der Waals surface area contributed by atoms with Crippen LogP contribution >= 0.6 is 34.5 Å². The highest BCUT2D eigenvalue weighted by Crippen LogP contribution is 2.15. The average Bonchev–Trinajstić information content (AvgIpc) is 2.75. The minimum absolute atomic E-state index is 0.0337. The lowest BCUT2D eigenvalue weighted by molar-refractivity contribution is 0.0939. The van der Waals surface area contributed by atoms with Gasteiger partial charge >= 0.3 is 0 Å². The topological polar surface area (TPSA) is 54.9 Å². The van der Waals surface area contributed by atoms with E-state index in [9.17, 15) is 4.79 Å². The van der Waals surface area contributed by atoms with Gasteiger partial charge in [0.05, 0.1) is 0 Å². The molecule has 19 heavy (non-hydrogen) atoms. The zero-order chi connectivity index (χ0) is 13.8. The third-order valence-corrected chi connectivity index (χ3v) is 3.66. The normalized spacial score (nSPS) is 12.2. The second-order valence-electron chi connectivity index (χ2n) is 4.07. The molecule has 0 bridgehead atoms. The van der Waals surface area contributed by atoms with Gasteiger partial charge in [-0.25, -0.2) is 0 Å². The molecule has 0 spiro atoms. The number of aromatic nitrogens is 2. The first kappa shape index (κ1) is 14.2. The van der Waals surface area contributed by atoms with E-state index in [1.54, 1.807) is 0 Å². The molecule has 1 atom stereocenters. The van der Waals surface area contributed by atoms with E-state index in [1.165, 1.54) is 0 Å². The molecule has 0 saturated heterocycles. The van der Waals surface area contributed by atoms with E-state index in [0.29, 0.717) is 11.4 Å². The quantitative estimate of drug-likeness (QED) is 0.942. The molecule has 1 aromatic heterocycles. The van der Waals surface area contributed by atoms with Crippen molar-refractivity contribution in [2.75, 3.05) is 0 Å². The van der Waals surface area contributed by atoms with Gasteiger partial charge in [0.15, 0.2) is 0 Å². The maximum Gasteiger partial charge on any atom is 0.282 e. The summed E-state index contributed by atoms with van der Waals surface area (Å²) in [5.41, 5.74) is 1.07. The molecule has 0 aliphatic heterocycles. The molecule has 1 N–H and O–H groups in total. The molecule has 2 rings (SSSR count). The Morgan fingerprint density at radius 3 is 2.84 bits per heavy atom. The van der Waals surface area contributed by atoms with Crippen LogP contribution in [0.5, 0.6) is 0 Å². The number of nitrogens with one attached hydrogen (secondary N) is 1. The predicted molar refractivity (Wildman–Crippen MR) is 77.0 cm³/mol. The summed E-state index contributed by atoms with van der Waals surface area (Å²) in [4.78, 5) is 11.8. The van der Waals surface area contributed by atoms with Gasteiger partial charge in [-0.1, -0.05) is 35.1 Å². The fourth-order valence-electron chi connectivity index (χ4n) is 1.65. The van der Waals surface area contributed by atoms with Crippen LogP contribution in [-0.2, 0) is 6.42 Å². The molecule has 100 valence electrons. The molecule has 7 heteroatoms. The zero-order valence-electron chi connectivity index (χ0n) is 10.1. The van der Waals surface area contributed by atoms with Gasteiger partial charge in [-0.3, -0.25) is 4.79 Å². The maximum atomic E-state index is 11.8. The van der Waals surface area contributed by atoms with Gasteiger partial charge in [-0.05, 0) is 42.6 Å². The zero-order valence-corrected chi connectivity index (χ0v) is 12.4. The van der Waals surface area contributed by atoms with Gasteiger partial charge in [0.2, 0.25) is 9.47 Å². The minimum Gasteiger partial charge on any atom is -0.347 e. The van der Waals surface area contributed by atoms with Gasteiger partial charge in [0.25, 0.3) is 5.91 Å². The molecule has 0 fully saturated rings. The van der Waals surface area contributed by atoms with Crippen molar-refractivity contribution in [1.82, 2.24) is 15.5 Å². The number of hydrogen-bond donors (Lipinski definition) is 1. The van der Waals surface area contributed by atoms with Crippen molar-refractivity contribution < 1.29 is 4.79 Å². The van der Waals surface area contributed by atoms with Crippen molar-refractivity contribution in [2.45, 2.75) is 19.4 Å². The molecule has 4 nitrogen and oxygen atoms in total. The molecule has 1 amide bonds. The number of rotatable bonds is 4. The minimum atomic E-state index is -0.265. The lowest BCUT2D eigenvalue weighted by atomic mass is 10.1. The second kappa shape index (κ2) is 6.32. The Labute approximate surface area is 124 Å². The van der Waals surface area contributed by atoms with Crippen LogP contribution in [0.4, 0.5) is 0 Å². The van der Waals surface area contributed by atoms with E-state index in [0.717, 1.165) is 16.9 Å². The lowest BCUT2D eigenvalue weighted by Crippen LogP contribution is -2.34. The monoisotopic (exact) mass is 315 g/mol. The fraction of sp³-hybridized carbons (Fsp3) is 0.250. The van der Waals surface area contributed by atoms with E-state index in [4.69, 9.17) is 23.2 Å². The van der Waals surface area contributed by atoms with Crippen LogP contribution in [0.2, 0.25) is 9.49 Å². The van der Waals surface area contributed by atoms with Gasteiger partial charge in [-0.2, -0.15) is 0 Å². The van der Waals surface area contributed by atoms with E-state index in [-0.39, 0.29) is 21.4 Å². The van der Waals surface area contributed by atoms with Crippen LogP contribution in [0.1, 0.15) is 22.3 Å². The summed E-state index contributed by atoms with van der Waals surface area (Å²) >= 11 is 12.6. The summed E-state index contributed by atoms with van der Waals surface area (Å²) in [5, 5.41) is 11.1. The molecule has 0 aliphatic carbocycles. The Balaban J connectivity index is 1.94. The summed E-state index contributed by atoms with van der Waals surface area (Å²) < 4.78 is 0.257. The third kappa shape index (κ3) is 4.16. The largest absolute Gasteiger partial charge is 0.347 e. The summed E-state index contributed by atoms with van der Waals surface area (Å²) in [6.45, 7) is 1.92. The maximum absolute atomic E-state index is 11.8. The van der Waals surface area contributed by atoms with Crippen LogP contribution in [-0.4, -0.2) is 22.1 Å². The predicted octanol–water partition coefficient (Wildman–Crippen LogP) is 3.21. The lowest BCUT2D eigenvalue weighted by Gasteiger charge is -2.12.